The van der Waals surface area contributed by atoms with Gasteiger partial charge >= 0.3 is 11.8 Å². The van der Waals surface area contributed by atoms with Crippen LogP contribution in [0.5, 0.6) is 0 Å². The van der Waals surface area contributed by atoms with Crippen LogP contribution >= 0.6 is 11.3 Å². The molecule has 1 aliphatic rings. The summed E-state index contributed by atoms with van der Waals surface area (Å²) in [5.74, 6) is 0.124. The number of nitrogens with one attached hydrogen (secondary N) is 1. The summed E-state index contributed by atoms with van der Waals surface area (Å²) in [5, 5.41) is 11.4. The van der Waals surface area contributed by atoms with Gasteiger partial charge in [0.2, 0.25) is 5.89 Å². The number of thiazole rings is 1. The number of anilines is 1. The predicted octanol–water partition coefficient (Wildman–Crippen LogP) is 2.13. The van der Waals surface area contributed by atoms with Gasteiger partial charge in [-0.05, 0) is 25.3 Å². The summed E-state index contributed by atoms with van der Waals surface area (Å²) in [6, 6.07) is 8.98. The van der Waals surface area contributed by atoms with E-state index in [0.29, 0.717) is 31.0 Å². The lowest BCUT2D eigenvalue weighted by atomic mass is 10.1. The second-order valence-electron chi connectivity index (χ2n) is 6.60. The molecule has 2 aromatic heterocycles. The number of carbonyl (C=O) groups is 2. The molecule has 0 saturated carbocycles. The molecule has 0 spiro atoms. The van der Waals surface area contributed by atoms with E-state index < -0.39 is 11.9 Å². The Bertz CT molecular complexity index is 1010. The summed E-state index contributed by atoms with van der Waals surface area (Å²) in [6.45, 7) is 1.92. The molecule has 0 bridgehead atoms. The number of amides is 2. The Balaban J connectivity index is 1.44. The maximum Gasteiger partial charge on any atom is 0.309 e. The molecule has 1 atom stereocenters. The van der Waals surface area contributed by atoms with Crippen LogP contribution in [-0.2, 0) is 17.6 Å². The molecule has 0 radical (unpaired) electrons. The lowest BCUT2D eigenvalue weighted by Crippen LogP contribution is -2.47. The van der Waals surface area contributed by atoms with E-state index >= 15 is 0 Å². The molecule has 0 aliphatic carbocycles. The Hall–Kier alpha value is -3.07. The standard InChI is InChI=1S/C19H19N5O3S/c1-11-20-16-14(28-11)9-8-13(19(26)24(16)2)21-17(25)18-23-22-15(27-18)10-12-6-4-3-5-7-12/h3-7,13H,8-10H2,1-2H3,(H,21,25). The van der Waals surface area contributed by atoms with E-state index in [4.69, 9.17) is 4.42 Å². The highest BCUT2D eigenvalue weighted by molar-refractivity contribution is 7.12. The number of aryl methyl sites for hydroxylation is 2. The third-order valence-electron chi connectivity index (χ3n) is 4.55. The van der Waals surface area contributed by atoms with Gasteiger partial charge in [0.05, 0.1) is 11.4 Å². The van der Waals surface area contributed by atoms with E-state index in [1.165, 1.54) is 4.90 Å². The summed E-state index contributed by atoms with van der Waals surface area (Å²) >= 11 is 1.57. The number of rotatable bonds is 4. The van der Waals surface area contributed by atoms with Gasteiger partial charge < -0.3 is 9.73 Å². The van der Waals surface area contributed by atoms with E-state index in [-0.39, 0.29) is 11.8 Å². The highest BCUT2D eigenvalue weighted by atomic mass is 32.1. The summed E-state index contributed by atoms with van der Waals surface area (Å²) in [6.07, 6.45) is 1.61. The van der Waals surface area contributed by atoms with Gasteiger partial charge in [-0.15, -0.1) is 21.5 Å². The molecule has 144 valence electrons. The highest BCUT2D eigenvalue weighted by Gasteiger charge is 2.32. The molecule has 28 heavy (non-hydrogen) atoms. The zero-order valence-electron chi connectivity index (χ0n) is 15.5. The fourth-order valence-electron chi connectivity index (χ4n) is 3.16. The van der Waals surface area contributed by atoms with Crippen LogP contribution in [-0.4, -0.2) is 40.1 Å². The first-order valence-corrected chi connectivity index (χ1v) is 9.74. The molecule has 8 nitrogen and oxygen atoms in total. The van der Waals surface area contributed by atoms with Gasteiger partial charge in [0.1, 0.15) is 11.9 Å². The second kappa shape index (κ2) is 7.51. The Morgan fingerprint density at radius 2 is 2.11 bits per heavy atom. The third-order valence-corrected chi connectivity index (χ3v) is 5.57. The Labute approximate surface area is 165 Å². The molecule has 0 fully saturated rings. The van der Waals surface area contributed by atoms with Crippen LogP contribution in [0.2, 0.25) is 0 Å². The first-order valence-electron chi connectivity index (χ1n) is 8.92. The number of fused-ring (bicyclic) bond motifs is 1. The van der Waals surface area contributed by atoms with Gasteiger partial charge in [0, 0.05) is 11.9 Å². The number of hydrogen-bond donors (Lipinski definition) is 1. The van der Waals surface area contributed by atoms with E-state index in [9.17, 15) is 9.59 Å². The molecule has 2 amide bonds. The van der Waals surface area contributed by atoms with Crippen LogP contribution in [0, 0.1) is 6.92 Å². The minimum absolute atomic E-state index is 0.144. The number of hydrogen-bond acceptors (Lipinski definition) is 7. The van der Waals surface area contributed by atoms with Crippen molar-refractivity contribution in [3.05, 3.63) is 57.6 Å². The van der Waals surface area contributed by atoms with Crippen molar-refractivity contribution in [1.29, 1.82) is 0 Å². The smallest absolute Gasteiger partial charge is 0.309 e. The van der Waals surface area contributed by atoms with Gasteiger partial charge in [-0.25, -0.2) is 4.98 Å². The minimum atomic E-state index is -0.663. The Kier molecular flexibility index (Phi) is 4.91. The summed E-state index contributed by atoms with van der Waals surface area (Å²) in [7, 11) is 1.68. The van der Waals surface area contributed by atoms with E-state index in [0.717, 1.165) is 15.4 Å². The number of aromatic nitrogens is 3. The summed E-state index contributed by atoms with van der Waals surface area (Å²) in [4.78, 5) is 32.2. The van der Waals surface area contributed by atoms with Crippen molar-refractivity contribution in [2.45, 2.75) is 32.2 Å². The third kappa shape index (κ3) is 3.65. The maximum absolute atomic E-state index is 12.7. The Morgan fingerprint density at radius 1 is 1.32 bits per heavy atom. The molecule has 1 aromatic carbocycles. The van der Waals surface area contributed by atoms with Crippen molar-refractivity contribution in [1.82, 2.24) is 20.5 Å². The fraction of sp³-hybridized carbons (Fsp3) is 0.316. The first kappa shape index (κ1) is 18.3. The van der Waals surface area contributed by atoms with Gasteiger partial charge in [-0.2, -0.15) is 0 Å². The average Bonchev–Trinajstić information content (AvgIpc) is 3.28. The minimum Gasteiger partial charge on any atom is -0.417 e. The Morgan fingerprint density at radius 3 is 2.89 bits per heavy atom. The number of likely N-dealkylation sites (N-methyl/N-ethyl adjacent to an activating group) is 1. The summed E-state index contributed by atoms with van der Waals surface area (Å²) < 4.78 is 5.48. The fourth-order valence-corrected chi connectivity index (χ4v) is 4.14. The van der Waals surface area contributed by atoms with Gasteiger partial charge in [-0.1, -0.05) is 30.3 Å². The predicted molar refractivity (Wildman–Crippen MR) is 103 cm³/mol. The molecule has 9 heteroatoms. The summed E-state index contributed by atoms with van der Waals surface area (Å²) in [5.41, 5.74) is 1.01. The zero-order valence-corrected chi connectivity index (χ0v) is 16.3. The molecule has 3 aromatic rings. The first-order chi connectivity index (χ1) is 13.5. The van der Waals surface area contributed by atoms with Crippen LogP contribution < -0.4 is 10.2 Å². The van der Waals surface area contributed by atoms with Gasteiger partial charge in [0.15, 0.2) is 0 Å². The lowest BCUT2D eigenvalue weighted by Gasteiger charge is -2.19. The van der Waals surface area contributed by atoms with Crippen molar-refractivity contribution >= 4 is 29.0 Å². The SMILES string of the molecule is Cc1nc2c(s1)CCC(NC(=O)c1nnc(Cc3ccccc3)o1)C(=O)N2C. The van der Waals surface area contributed by atoms with Gasteiger partial charge in [0.25, 0.3) is 5.91 Å². The molecule has 4 rings (SSSR count). The number of benzene rings is 1. The van der Waals surface area contributed by atoms with Crippen LogP contribution in [0.4, 0.5) is 5.82 Å². The monoisotopic (exact) mass is 397 g/mol. The molecule has 0 saturated heterocycles. The zero-order chi connectivity index (χ0) is 19.7. The van der Waals surface area contributed by atoms with Crippen LogP contribution in [0.1, 0.15) is 38.4 Å². The number of nitrogens with zero attached hydrogens (tertiary/aromatic N) is 4. The topological polar surface area (TPSA) is 101 Å². The molecule has 3 heterocycles. The quantitative estimate of drug-likeness (QED) is 0.724. The van der Waals surface area contributed by atoms with Gasteiger partial charge in [-0.3, -0.25) is 14.5 Å². The molecular weight excluding hydrogens is 378 g/mol. The molecular formula is C19H19N5O3S. The van der Waals surface area contributed by atoms with Crippen molar-refractivity contribution in [2.24, 2.45) is 0 Å². The van der Waals surface area contributed by atoms with Crippen molar-refractivity contribution < 1.29 is 14.0 Å². The molecule has 1 aliphatic heterocycles. The van der Waals surface area contributed by atoms with Crippen molar-refractivity contribution in [3.63, 3.8) is 0 Å². The second-order valence-corrected chi connectivity index (χ2v) is 7.89. The van der Waals surface area contributed by atoms with Crippen LogP contribution in [0.3, 0.4) is 0 Å². The van der Waals surface area contributed by atoms with E-state index in [2.05, 4.69) is 20.5 Å². The van der Waals surface area contributed by atoms with E-state index in [1.54, 1.807) is 18.4 Å². The normalized spacial score (nSPS) is 16.6. The van der Waals surface area contributed by atoms with Crippen LogP contribution in [0.15, 0.2) is 34.7 Å². The average molecular weight is 397 g/mol. The van der Waals surface area contributed by atoms with Crippen molar-refractivity contribution in [3.8, 4) is 0 Å². The number of carbonyl (C=O) groups excluding carboxylic acids is 2. The lowest BCUT2D eigenvalue weighted by molar-refractivity contribution is -0.120. The van der Waals surface area contributed by atoms with E-state index in [1.807, 2.05) is 37.3 Å². The largest absolute Gasteiger partial charge is 0.417 e. The van der Waals surface area contributed by atoms with Crippen LogP contribution in [0.25, 0.3) is 0 Å². The molecule has 1 N–H and O–H groups in total. The maximum atomic E-state index is 12.7. The molecule has 1 unspecified atom stereocenters. The highest BCUT2D eigenvalue weighted by Crippen LogP contribution is 2.30. The van der Waals surface area contributed by atoms with Crippen molar-refractivity contribution in [2.75, 3.05) is 11.9 Å².